The third-order valence-electron chi connectivity index (χ3n) is 5.14. The summed E-state index contributed by atoms with van der Waals surface area (Å²) in [5, 5.41) is 0. The molecule has 9 nitrogen and oxygen atoms in total. The van der Waals surface area contributed by atoms with Gasteiger partial charge in [0.1, 0.15) is 9.79 Å². The van der Waals surface area contributed by atoms with Crippen LogP contribution in [0, 0.1) is 0 Å². The molecule has 0 aliphatic carbocycles. The van der Waals surface area contributed by atoms with Gasteiger partial charge in [0.25, 0.3) is 0 Å². The van der Waals surface area contributed by atoms with Crippen molar-refractivity contribution in [1.29, 1.82) is 0 Å². The second kappa shape index (κ2) is 7.17. The molecule has 2 atom stereocenters. The van der Waals surface area contributed by atoms with Gasteiger partial charge in [0, 0.05) is 16.7 Å². The molecule has 6 N–H and O–H groups in total. The Labute approximate surface area is 181 Å². The number of rotatable bonds is 4. The zero-order valence-electron chi connectivity index (χ0n) is 15.8. The Balaban J connectivity index is 2.24. The first-order valence-corrected chi connectivity index (χ1v) is 10.9. The number of ether oxygens (including phenoxy) is 2. The van der Waals surface area contributed by atoms with Crippen molar-refractivity contribution in [1.82, 2.24) is 0 Å². The molecule has 2 heterocycles. The first-order valence-electron chi connectivity index (χ1n) is 8.67. The predicted molar refractivity (Wildman–Crippen MR) is 114 cm³/mol. The van der Waals surface area contributed by atoms with E-state index in [0.29, 0.717) is 0 Å². The van der Waals surface area contributed by atoms with Crippen LogP contribution >= 0.6 is 0 Å². The summed E-state index contributed by atoms with van der Waals surface area (Å²) in [7, 11) is 0. The molecular formula is C20H16N2O7S2. The molecule has 0 radical (unpaired) electrons. The van der Waals surface area contributed by atoms with Gasteiger partial charge in [-0.25, -0.2) is 13.2 Å². The monoisotopic (exact) mass is 460 g/mol. The summed E-state index contributed by atoms with van der Waals surface area (Å²) in [5.41, 5.74) is 10.7. The standard InChI is InChI=1S/C20H16N2O7S2/c1-3-9-10(4-2)20(29-19(9)23)11-5-7-13(21)17(30(24)25)15(11)28-16-12(20)6-8-14(22)18(16)31(26)27/h3-8H,1-2,21-22H2,(H,24,25)(H,26,27). The lowest BCUT2D eigenvalue weighted by Crippen LogP contribution is -2.35. The number of esters is 1. The maximum Gasteiger partial charge on any atom is 0.340 e. The highest BCUT2D eigenvalue weighted by Crippen LogP contribution is 2.59. The van der Waals surface area contributed by atoms with Crippen molar-refractivity contribution in [3.05, 3.63) is 71.8 Å². The van der Waals surface area contributed by atoms with Gasteiger partial charge in [-0.1, -0.05) is 25.3 Å². The second-order valence-electron chi connectivity index (χ2n) is 6.63. The number of benzene rings is 2. The van der Waals surface area contributed by atoms with E-state index in [-0.39, 0.29) is 54.9 Å². The van der Waals surface area contributed by atoms with Gasteiger partial charge in [-0.05, 0) is 24.3 Å². The maximum atomic E-state index is 12.7. The van der Waals surface area contributed by atoms with Crippen LogP contribution in [-0.4, -0.2) is 23.5 Å². The van der Waals surface area contributed by atoms with Gasteiger partial charge in [-0.3, -0.25) is 0 Å². The molecule has 0 amide bonds. The van der Waals surface area contributed by atoms with E-state index in [1.54, 1.807) is 0 Å². The Morgan fingerprint density at radius 1 is 0.903 bits per heavy atom. The zero-order valence-corrected chi connectivity index (χ0v) is 17.4. The highest BCUT2D eigenvalue weighted by molar-refractivity contribution is 7.79. The average Bonchev–Trinajstić information content (AvgIpc) is 2.98. The molecule has 1 spiro atoms. The summed E-state index contributed by atoms with van der Waals surface area (Å²) in [6.45, 7) is 7.42. The molecule has 160 valence electrons. The lowest BCUT2D eigenvalue weighted by Gasteiger charge is -2.38. The van der Waals surface area contributed by atoms with Crippen LogP contribution in [0.4, 0.5) is 11.4 Å². The largest absolute Gasteiger partial charge is 0.454 e. The molecular weight excluding hydrogens is 444 g/mol. The first-order chi connectivity index (χ1) is 14.7. The first kappa shape index (κ1) is 21.0. The van der Waals surface area contributed by atoms with E-state index in [9.17, 15) is 22.3 Å². The SMILES string of the molecule is C=CC1=C(C=C)C2(OC1=O)c1ccc(N)c(S(=O)O)c1Oc1c2ccc(N)c1S(=O)O. The van der Waals surface area contributed by atoms with Gasteiger partial charge in [0.15, 0.2) is 39.3 Å². The molecule has 11 heteroatoms. The fraction of sp³-hybridized carbons (Fsp3) is 0.0500. The molecule has 2 aromatic carbocycles. The number of fused-ring (bicyclic) bond motifs is 4. The number of hydrogen-bond donors (Lipinski definition) is 4. The van der Waals surface area contributed by atoms with Crippen molar-refractivity contribution < 1.29 is 31.8 Å². The molecule has 0 fully saturated rings. The number of nitrogens with two attached hydrogens (primary N) is 2. The van der Waals surface area contributed by atoms with E-state index >= 15 is 0 Å². The summed E-state index contributed by atoms with van der Waals surface area (Å²) in [6.07, 6.45) is 2.69. The Morgan fingerprint density at radius 3 is 1.77 bits per heavy atom. The summed E-state index contributed by atoms with van der Waals surface area (Å²) in [6, 6.07) is 5.72. The smallest absolute Gasteiger partial charge is 0.340 e. The average molecular weight is 460 g/mol. The van der Waals surface area contributed by atoms with Crippen molar-refractivity contribution in [2.45, 2.75) is 15.4 Å². The Kier molecular flexibility index (Phi) is 4.85. The minimum Gasteiger partial charge on any atom is -0.454 e. The van der Waals surface area contributed by atoms with Crippen LogP contribution in [0.25, 0.3) is 0 Å². The van der Waals surface area contributed by atoms with Crippen molar-refractivity contribution in [2.75, 3.05) is 11.5 Å². The van der Waals surface area contributed by atoms with E-state index in [4.69, 9.17) is 20.9 Å². The van der Waals surface area contributed by atoms with Crippen molar-refractivity contribution in [3.8, 4) is 11.5 Å². The molecule has 31 heavy (non-hydrogen) atoms. The molecule has 2 aliphatic rings. The van der Waals surface area contributed by atoms with E-state index in [0.717, 1.165) is 0 Å². The number of anilines is 2. The molecule has 0 bridgehead atoms. The fourth-order valence-corrected chi connectivity index (χ4v) is 5.08. The van der Waals surface area contributed by atoms with E-state index < -0.39 is 33.7 Å². The van der Waals surface area contributed by atoms with Gasteiger partial charge in [-0.2, -0.15) is 0 Å². The lowest BCUT2D eigenvalue weighted by molar-refractivity contribution is -0.144. The Bertz CT molecular complexity index is 1210. The normalized spacial score (nSPS) is 21.0. The minimum absolute atomic E-state index is 0.0637. The molecule has 2 unspecified atom stereocenters. The van der Waals surface area contributed by atoms with Crippen LogP contribution < -0.4 is 16.2 Å². The summed E-state index contributed by atoms with van der Waals surface area (Å²) in [4.78, 5) is 12.2. The number of carbonyl (C=O) groups is 1. The van der Waals surface area contributed by atoms with Crippen LogP contribution in [0.5, 0.6) is 11.5 Å². The lowest BCUT2D eigenvalue weighted by atomic mass is 9.77. The predicted octanol–water partition coefficient (Wildman–Crippen LogP) is 2.59. The fourth-order valence-electron chi connectivity index (χ4n) is 3.92. The van der Waals surface area contributed by atoms with Crippen LogP contribution in [0.1, 0.15) is 11.1 Å². The Hall–Kier alpha value is -3.25. The molecule has 2 aliphatic heterocycles. The van der Waals surface area contributed by atoms with Gasteiger partial charge in [0.2, 0.25) is 0 Å². The zero-order chi connectivity index (χ0) is 22.7. The van der Waals surface area contributed by atoms with Gasteiger partial charge < -0.3 is 30.0 Å². The molecule has 2 aromatic rings. The number of nitrogen functional groups attached to an aromatic ring is 2. The van der Waals surface area contributed by atoms with Crippen LogP contribution in [-0.2, 0) is 37.3 Å². The van der Waals surface area contributed by atoms with E-state index in [1.807, 2.05) is 0 Å². The quantitative estimate of drug-likeness (QED) is 0.305. The Morgan fingerprint density at radius 2 is 1.39 bits per heavy atom. The molecule has 0 saturated carbocycles. The van der Waals surface area contributed by atoms with Crippen LogP contribution in [0.2, 0.25) is 0 Å². The van der Waals surface area contributed by atoms with Gasteiger partial charge in [-0.15, -0.1) is 0 Å². The molecule has 0 saturated heterocycles. The van der Waals surface area contributed by atoms with Gasteiger partial charge >= 0.3 is 5.97 Å². The maximum absolute atomic E-state index is 12.7. The third-order valence-corrected chi connectivity index (χ3v) is 6.68. The van der Waals surface area contributed by atoms with Crippen molar-refractivity contribution in [2.24, 2.45) is 0 Å². The summed E-state index contributed by atoms with van der Waals surface area (Å²) in [5.74, 6) is -1.11. The molecule has 4 rings (SSSR count). The van der Waals surface area contributed by atoms with Crippen LogP contribution in [0.3, 0.4) is 0 Å². The topological polar surface area (TPSA) is 162 Å². The second-order valence-corrected chi connectivity index (χ2v) is 8.44. The van der Waals surface area contributed by atoms with Crippen molar-refractivity contribution >= 4 is 39.5 Å². The van der Waals surface area contributed by atoms with E-state index in [2.05, 4.69) is 13.2 Å². The van der Waals surface area contributed by atoms with Crippen molar-refractivity contribution in [3.63, 3.8) is 0 Å². The highest BCUT2D eigenvalue weighted by atomic mass is 32.2. The number of carbonyl (C=O) groups excluding carboxylic acids is 1. The number of hydrogen-bond acceptors (Lipinski definition) is 7. The highest BCUT2D eigenvalue weighted by Gasteiger charge is 2.55. The summed E-state index contributed by atoms with van der Waals surface area (Å²) < 4.78 is 55.6. The van der Waals surface area contributed by atoms with Crippen LogP contribution in [0.15, 0.2) is 70.5 Å². The molecule has 0 aromatic heterocycles. The minimum atomic E-state index is -2.60. The summed E-state index contributed by atoms with van der Waals surface area (Å²) >= 11 is -5.20. The third kappa shape index (κ3) is 2.71. The van der Waals surface area contributed by atoms with Gasteiger partial charge in [0.05, 0.1) is 16.9 Å². The van der Waals surface area contributed by atoms with E-state index in [1.165, 1.54) is 36.4 Å².